The van der Waals surface area contributed by atoms with Crippen LogP contribution >= 0.6 is 0 Å². The van der Waals surface area contributed by atoms with E-state index in [0.717, 1.165) is 22.2 Å². The Labute approximate surface area is 195 Å². The van der Waals surface area contributed by atoms with Gasteiger partial charge in [0.05, 0.1) is 17.8 Å². The fourth-order valence-electron chi connectivity index (χ4n) is 4.46. The molecule has 5 rings (SSSR count). The number of nitrogens with two attached hydrogens (primary N) is 1. The van der Waals surface area contributed by atoms with E-state index in [4.69, 9.17) is 10.5 Å². The fraction of sp³-hybridized carbons (Fsp3) is 0.240. The molecular weight excluding hydrogens is 434 g/mol. The highest BCUT2D eigenvalue weighted by Gasteiger charge is 2.45. The Morgan fingerprint density at radius 3 is 2.65 bits per heavy atom. The molecule has 5 N–H and O–H groups in total. The van der Waals surface area contributed by atoms with E-state index < -0.39 is 11.2 Å². The number of aromatic amines is 2. The molecule has 9 heteroatoms. The summed E-state index contributed by atoms with van der Waals surface area (Å²) in [6.07, 6.45) is 0.420. The van der Waals surface area contributed by atoms with Crippen molar-refractivity contribution >= 4 is 16.8 Å². The molecule has 1 aliphatic rings. The smallest absolute Gasteiger partial charge is 0.326 e. The van der Waals surface area contributed by atoms with Gasteiger partial charge in [-0.25, -0.2) is 4.79 Å². The SMILES string of the molecule is Cc1cc(COc2ccc(C3(N)CCN(Cc4[nH]c(=O)[nH]c4O)C3=O)cc2)c2ccccc2n1. The molecule has 3 heterocycles. The molecule has 4 aromatic rings. The number of nitrogens with one attached hydrogen (secondary N) is 2. The van der Waals surface area contributed by atoms with Crippen molar-refractivity contribution in [2.45, 2.75) is 32.0 Å². The summed E-state index contributed by atoms with van der Waals surface area (Å²) in [5, 5.41) is 10.8. The number of pyridine rings is 1. The molecule has 0 bridgehead atoms. The second-order valence-corrected chi connectivity index (χ2v) is 8.61. The number of imidazole rings is 1. The van der Waals surface area contributed by atoms with Crippen LogP contribution < -0.4 is 16.2 Å². The molecule has 0 aliphatic carbocycles. The molecule has 2 aromatic carbocycles. The number of hydrogen-bond donors (Lipinski definition) is 4. The molecule has 1 saturated heterocycles. The van der Waals surface area contributed by atoms with Gasteiger partial charge < -0.3 is 25.5 Å². The second-order valence-electron chi connectivity index (χ2n) is 8.61. The van der Waals surface area contributed by atoms with Crippen LogP contribution in [0.25, 0.3) is 10.9 Å². The minimum absolute atomic E-state index is 0.0723. The van der Waals surface area contributed by atoms with Crippen LogP contribution in [-0.2, 0) is 23.5 Å². The van der Waals surface area contributed by atoms with Crippen molar-refractivity contribution in [3.05, 3.63) is 87.6 Å². The van der Waals surface area contributed by atoms with E-state index in [1.54, 1.807) is 0 Å². The van der Waals surface area contributed by atoms with Crippen LogP contribution in [0.1, 0.15) is 28.9 Å². The predicted molar refractivity (Wildman–Crippen MR) is 126 cm³/mol. The lowest BCUT2D eigenvalue weighted by molar-refractivity contribution is -0.132. The number of rotatable bonds is 6. The van der Waals surface area contributed by atoms with Gasteiger partial charge >= 0.3 is 5.69 Å². The monoisotopic (exact) mass is 459 g/mol. The van der Waals surface area contributed by atoms with Gasteiger partial charge in [0.15, 0.2) is 0 Å². The summed E-state index contributed by atoms with van der Waals surface area (Å²) in [5.74, 6) is 0.135. The maximum atomic E-state index is 13.1. The number of aryl methyl sites for hydroxylation is 1. The summed E-state index contributed by atoms with van der Waals surface area (Å²) in [7, 11) is 0. The quantitative estimate of drug-likeness (QED) is 0.349. The van der Waals surface area contributed by atoms with Crippen molar-refractivity contribution in [2.24, 2.45) is 5.73 Å². The van der Waals surface area contributed by atoms with Crippen molar-refractivity contribution in [1.82, 2.24) is 19.9 Å². The summed E-state index contributed by atoms with van der Waals surface area (Å²) >= 11 is 0. The van der Waals surface area contributed by atoms with E-state index in [0.29, 0.717) is 30.9 Å². The van der Waals surface area contributed by atoms with E-state index >= 15 is 0 Å². The van der Waals surface area contributed by atoms with Crippen LogP contribution in [-0.4, -0.2) is 37.4 Å². The van der Waals surface area contributed by atoms with Gasteiger partial charge in [0.1, 0.15) is 17.9 Å². The largest absolute Gasteiger partial charge is 0.493 e. The number of aromatic nitrogens is 3. The lowest BCUT2D eigenvalue weighted by atomic mass is 9.89. The van der Waals surface area contributed by atoms with Crippen LogP contribution in [0.3, 0.4) is 0 Å². The maximum Gasteiger partial charge on any atom is 0.326 e. The van der Waals surface area contributed by atoms with Gasteiger partial charge in [-0.15, -0.1) is 0 Å². The number of likely N-dealkylation sites (tertiary alicyclic amines) is 1. The van der Waals surface area contributed by atoms with Gasteiger partial charge in [-0.05, 0) is 43.2 Å². The van der Waals surface area contributed by atoms with Gasteiger partial charge in [0, 0.05) is 23.2 Å². The molecule has 34 heavy (non-hydrogen) atoms. The number of nitrogens with zero attached hydrogens (tertiary/aromatic N) is 2. The third kappa shape index (κ3) is 3.90. The zero-order valence-electron chi connectivity index (χ0n) is 18.7. The van der Waals surface area contributed by atoms with Crippen LogP contribution in [0.4, 0.5) is 0 Å². The first-order valence-corrected chi connectivity index (χ1v) is 11.0. The van der Waals surface area contributed by atoms with Crippen LogP contribution in [0, 0.1) is 6.92 Å². The zero-order chi connectivity index (χ0) is 23.9. The summed E-state index contributed by atoms with van der Waals surface area (Å²) in [4.78, 5) is 35.3. The van der Waals surface area contributed by atoms with Gasteiger partial charge in [-0.2, -0.15) is 0 Å². The number of H-pyrrole nitrogens is 2. The molecule has 1 unspecified atom stereocenters. The van der Waals surface area contributed by atoms with Crippen molar-refractivity contribution < 1.29 is 14.6 Å². The highest BCUT2D eigenvalue weighted by Crippen LogP contribution is 2.33. The number of benzene rings is 2. The number of aromatic hydroxyl groups is 1. The van der Waals surface area contributed by atoms with E-state index in [2.05, 4.69) is 15.0 Å². The number of carbonyl (C=O) groups excluding carboxylic acids is 1. The van der Waals surface area contributed by atoms with E-state index in [1.807, 2.05) is 61.5 Å². The number of carbonyl (C=O) groups is 1. The molecule has 1 atom stereocenters. The Morgan fingerprint density at radius 1 is 1.15 bits per heavy atom. The van der Waals surface area contributed by atoms with Crippen molar-refractivity contribution in [3.8, 4) is 11.6 Å². The number of fused-ring (bicyclic) bond motifs is 1. The standard InChI is InChI=1S/C25H25N5O4/c1-15-12-16(19-4-2-3-5-20(19)27-15)14-34-18-8-6-17(7-9-18)25(26)10-11-30(23(25)32)13-21-22(31)29-24(33)28-21/h2-9,12,31H,10-11,13-14,26H2,1H3,(H2,28,29,33). The molecule has 0 radical (unpaired) electrons. The minimum Gasteiger partial charge on any atom is -0.493 e. The first-order valence-electron chi connectivity index (χ1n) is 11.0. The Hall–Kier alpha value is -4.11. The molecule has 1 fully saturated rings. The predicted octanol–water partition coefficient (Wildman–Crippen LogP) is 2.43. The Kier molecular flexibility index (Phi) is 5.33. The molecule has 0 spiro atoms. The molecule has 9 nitrogen and oxygen atoms in total. The van der Waals surface area contributed by atoms with Crippen LogP contribution in [0.15, 0.2) is 59.4 Å². The first kappa shape index (κ1) is 21.7. The van der Waals surface area contributed by atoms with Crippen molar-refractivity contribution in [2.75, 3.05) is 6.54 Å². The minimum atomic E-state index is -1.18. The zero-order valence-corrected chi connectivity index (χ0v) is 18.7. The fourth-order valence-corrected chi connectivity index (χ4v) is 4.46. The average molecular weight is 460 g/mol. The first-order chi connectivity index (χ1) is 16.3. The van der Waals surface area contributed by atoms with Gasteiger partial charge in [0.2, 0.25) is 11.8 Å². The Balaban J connectivity index is 1.29. The number of ether oxygens (including phenoxy) is 1. The summed E-state index contributed by atoms with van der Waals surface area (Å²) in [6.45, 7) is 2.84. The van der Waals surface area contributed by atoms with E-state index in [1.165, 1.54) is 4.90 Å². The lowest BCUT2D eigenvalue weighted by Gasteiger charge is -2.24. The molecule has 1 amide bonds. The second kappa shape index (κ2) is 8.35. The molecule has 0 saturated carbocycles. The molecular formula is C25H25N5O4. The highest BCUT2D eigenvalue weighted by molar-refractivity contribution is 5.89. The van der Waals surface area contributed by atoms with Crippen LogP contribution in [0.2, 0.25) is 0 Å². The highest BCUT2D eigenvalue weighted by atomic mass is 16.5. The third-order valence-electron chi connectivity index (χ3n) is 6.27. The van der Waals surface area contributed by atoms with Gasteiger partial charge in [-0.1, -0.05) is 30.3 Å². The van der Waals surface area contributed by atoms with E-state index in [-0.39, 0.29) is 24.0 Å². The van der Waals surface area contributed by atoms with E-state index in [9.17, 15) is 14.7 Å². The summed E-state index contributed by atoms with van der Waals surface area (Å²) in [5.41, 5.74) is 8.68. The number of amides is 1. The summed E-state index contributed by atoms with van der Waals surface area (Å²) < 4.78 is 6.02. The molecule has 174 valence electrons. The lowest BCUT2D eigenvalue weighted by Crippen LogP contribution is -2.45. The average Bonchev–Trinajstić information content (AvgIpc) is 3.30. The molecule has 1 aliphatic heterocycles. The van der Waals surface area contributed by atoms with Crippen molar-refractivity contribution in [3.63, 3.8) is 0 Å². The van der Waals surface area contributed by atoms with Crippen molar-refractivity contribution in [1.29, 1.82) is 0 Å². The third-order valence-corrected chi connectivity index (χ3v) is 6.27. The maximum absolute atomic E-state index is 13.1. The van der Waals surface area contributed by atoms with Gasteiger partial charge in [0.25, 0.3) is 0 Å². The van der Waals surface area contributed by atoms with Gasteiger partial charge in [-0.3, -0.25) is 14.8 Å². The number of para-hydroxylation sites is 1. The topological polar surface area (TPSA) is 137 Å². The Morgan fingerprint density at radius 2 is 1.91 bits per heavy atom. The normalized spacial score (nSPS) is 18.1. The van der Waals surface area contributed by atoms with Crippen LogP contribution in [0.5, 0.6) is 11.6 Å². The molecule has 2 aromatic heterocycles. The summed E-state index contributed by atoms with van der Waals surface area (Å²) in [6, 6.07) is 17.2. The number of hydrogen-bond acceptors (Lipinski definition) is 6. The Bertz CT molecular complexity index is 1430.